The van der Waals surface area contributed by atoms with Gasteiger partial charge in [-0.15, -0.1) is 0 Å². The second kappa shape index (κ2) is 6.26. The van der Waals surface area contributed by atoms with Crippen LogP contribution in [0.3, 0.4) is 0 Å². The van der Waals surface area contributed by atoms with E-state index in [1.807, 2.05) is 0 Å². The van der Waals surface area contributed by atoms with E-state index in [1.165, 1.54) is 6.20 Å². The average molecular weight is 332 g/mol. The number of halogens is 3. The fourth-order valence-corrected chi connectivity index (χ4v) is 1.82. The largest absolute Gasteiger partial charge is 0.285 e. The molecular weight excluding hydrogens is 323 g/mol. The van der Waals surface area contributed by atoms with E-state index in [-0.39, 0.29) is 5.02 Å². The van der Waals surface area contributed by atoms with Gasteiger partial charge in [-0.25, -0.2) is 5.10 Å². The van der Waals surface area contributed by atoms with E-state index in [0.717, 1.165) is 5.56 Å². The van der Waals surface area contributed by atoms with E-state index in [0.29, 0.717) is 21.4 Å². The number of rotatable bonds is 3. The SMILES string of the molecule is CC(=NNc1cn[nH]c(=O)c1Cl)c1ccc(Cl)c(Cl)c1. The van der Waals surface area contributed by atoms with E-state index in [9.17, 15) is 4.79 Å². The van der Waals surface area contributed by atoms with Crippen LogP contribution in [0, 0.1) is 0 Å². The van der Waals surface area contributed by atoms with Crippen molar-refractivity contribution in [2.75, 3.05) is 5.43 Å². The van der Waals surface area contributed by atoms with Crippen LogP contribution in [0.15, 0.2) is 34.3 Å². The summed E-state index contributed by atoms with van der Waals surface area (Å²) in [6.07, 6.45) is 1.37. The summed E-state index contributed by atoms with van der Waals surface area (Å²) in [6, 6.07) is 5.16. The molecule has 0 bridgehead atoms. The van der Waals surface area contributed by atoms with Gasteiger partial charge < -0.3 is 0 Å². The third-order valence-electron chi connectivity index (χ3n) is 2.48. The minimum Gasteiger partial charge on any atom is -0.275 e. The number of hydrogen-bond donors (Lipinski definition) is 2. The van der Waals surface area contributed by atoms with Crippen molar-refractivity contribution in [3.05, 3.63) is 55.4 Å². The average Bonchev–Trinajstić information content (AvgIpc) is 2.43. The quantitative estimate of drug-likeness (QED) is 0.667. The molecule has 2 N–H and O–H groups in total. The lowest BCUT2D eigenvalue weighted by Gasteiger charge is -2.05. The van der Waals surface area contributed by atoms with Gasteiger partial charge in [0.25, 0.3) is 5.56 Å². The molecule has 104 valence electrons. The van der Waals surface area contributed by atoms with Gasteiger partial charge in [-0.2, -0.15) is 10.2 Å². The van der Waals surface area contributed by atoms with E-state index in [1.54, 1.807) is 25.1 Å². The van der Waals surface area contributed by atoms with Gasteiger partial charge in [-0.3, -0.25) is 10.2 Å². The highest BCUT2D eigenvalue weighted by molar-refractivity contribution is 6.42. The number of nitrogens with one attached hydrogen (secondary N) is 2. The van der Waals surface area contributed by atoms with E-state index in [4.69, 9.17) is 34.8 Å². The van der Waals surface area contributed by atoms with Crippen LogP contribution in [0.5, 0.6) is 0 Å². The van der Waals surface area contributed by atoms with Gasteiger partial charge in [0.2, 0.25) is 0 Å². The summed E-state index contributed by atoms with van der Waals surface area (Å²) in [4.78, 5) is 11.3. The normalized spacial score (nSPS) is 11.5. The van der Waals surface area contributed by atoms with Crippen LogP contribution >= 0.6 is 34.8 Å². The number of hydrogen-bond acceptors (Lipinski definition) is 4. The molecule has 0 spiro atoms. The first-order chi connectivity index (χ1) is 9.49. The molecule has 0 aliphatic heterocycles. The summed E-state index contributed by atoms with van der Waals surface area (Å²) in [7, 11) is 0. The molecule has 0 atom stereocenters. The van der Waals surface area contributed by atoms with Gasteiger partial charge in [-0.05, 0) is 24.6 Å². The second-order valence-electron chi connectivity index (χ2n) is 3.86. The molecule has 0 unspecified atom stereocenters. The summed E-state index contributed by atoms with van der Waals surface area (Å²) in [6.45, 7) is 1.78. The van der Waals surface area contributed by atoms with Crippen LogP contribution in [0.1, 0.15) is 12.5 Å². The molecule has 0 saturated heterocycles. The molecule has 0 fully saturated rings. The van der Waals surface area contributed by atoms with E-state index < -0.39 is 5.56 Å². The van der Waals surface area contributed by atoms with Gasteiger partial charge in [0.1, 0.15) is 10.7 Å². The van der Waals surface area contributed by atoms with Gasteiger partial charge in [0, 0.05) is 0 Å². The van der Waals surface area contributed by atoms with Crippen molar-refractivity contribution < 1.29 is 0 Å². The number of anilines is 1. The van der Waals surface area contributed by atoms with Crippen molar-refractivity contribution >= 4 is 46.2 Å². The molecule has 8 heteroatoms. The van der Waals surface area contributed by atoms with Crippen molar-refractivity contribution in [2.45, 2.75) is 6.92 Å². The number of benzene rings is 1. The molecule has 0 aliphatic carbocycles. The number of aromatic nitrogens is 2. The minimum atomic E-state index is -0.487. The first-order valence-electron chi connectivity index (χ1n) is 5.48. The van der Waals surface area contributed by atoms with Gasteiger partial charge in [-0.1, -0.05) is 40.9 Å². The van der Waals surface area contributed by atoms with Gasteiger partial charge in [0.05, 0.1) is 22.0 Å². The molecule has 1 heterocycles. The third-order valence-corrected chi connectivity index (χ3v) is 3.59. The fourth-order valence-electron chi connectivity index (χ4n) is 1.39. The van der Waals surface area contributed by atoms with Crippen LogP contribution in [-0.2, 0) is 0 Å². The monoisotopic (exact) mass is 330 g/mol. The first-order valence-corrected chi connectivity index (χ1v) is 6.61. The Morgan fingerprint density at radius 3 is 2.75 bits per heavy atom. The molecule has 0 aliphatic rings. The Kier molecular flexibility index (Phi) is 4.65. The fraction of sp³-hybridized carbons (Fsp3) is 0.0833. The predicted octanol–water partition coefficient (Wildman–Crippen LogP) is 3.57. The third kappa shape index (κ3) is 3.30. The van der Waals surface area contributed by atoms with Crippen molar-refractivity contribution in [3.63, 3.8) is 0 Å². The maximum atomic E-state index is 11.3. The smallest absolute Gasteiger partial charge is 0.275 e. The first kappa shape index (κ1) is 14.8. The summed E-state index contributed by atoms with van der Waals surface area (Å²) in [5.41, 5.74) is 3.96. The standard InChI is InChI=1S/C12H9Cl3N4O/c1-6(7-2-3-8(13)9(14)4-7)17-18-10-5-16-19-12(20)11(10)15/h2-5H,1H3,(H2,18,19,20). The predicted molar refractivity (Wildman–Crippen MR) is 82.2 cm³/mol. The Morgan fingerprint density at radius 2 is 2.05 bits per heavy atom. The summed E-state index contributed by atoms with van der Waals surface area (Å²) in [5, 5.41) is 10.9. The number of H-pyrrole nitrogens is 1. The molecule has 0 amide bonds. The second-order valence-corrected chi connectivity index (χ2v) is 5.06. The highest BCUT2D eigenvalue weighted by Crippen LogP contribution is 2.23. The van der Waals surface area contributed by atoms with E-state index in [2.05, 4.69) is 20.7 Å². The summed E-state index contributed by atoms with van der Waals surface area (Å²) in [5.74, 6) is 0. The number of aromatic amines is 1. The van der Waals surface area contributed by atoms with Gasteiger partial charge in [0.15, 0.2) is 0 Å². The Bertz CT molecular complexity index is 727. The number of nitrogens with zero attached hydrogens (tertiary/aromatic N) is 2. The van der Waals surface area contributed by atoms with Crippen molar-refractivity contribution in [2.24, 2.45) is 5.10 Å². The number of hydrazone groups is 1. The Labute approximate surface area is 129 Å². The molecule has 2 rings (SSSR count). The minimum absolute atomic E-state index is 0.00862. The lowest BCUT2D eigenvalue weighted by molar-refractivity contribution is 0.986. The molecule has 1 aromatic carbocycles. The van der Waals surface area contributed by atoms with E-state index >= 15 is 0 Å². The lowest BCUT2D eigenvalue weighted by Crippen LogP contribution is -2.10. The van der Waals surface area contributed by atoms with Crippen LogP contribution in [0.25, 0.3) is 0 Å². The topological polar surface area (TPSA) is 70.1 Å². The molecular formula is C12H9Cl3N4O. The molecule has 1 aromatic heterocycles. The maximum absolute atomic E-state index is 11.3. The van der Waals surface area contributed by atoms with Crippen LogP contribution < -0.4 is 11.0 Å². The van der Waals surface area contributed by atoms with Crippen LogP contribution in [0.4, 0.5) is 5.69 Å². The molecule has 5 nitrogen and oxygen atoms in total. The Hall–Kier alpha value is -1.56. The van der Waals surface area contributed by atoms with Crippen molar-refractivity contribution in [3.8, 4) is 0 Å². The Morgan fingerprint density at radius 1 is 1.30 bits per heavy atom. The lowest BCUT2D eigenvalue weighted by atomic mass is 10.1. The maximum Gasteiger partial charge on any atom is 0.285 e. The summed E-state index contributed by atoms with van der Waals surface area (Å²) >= 11 is 17.6. The molecule has 0 saturated carbocycles. The summed E-state index contributed by atoms with van der Waals surface area (Å²) < 4.78 is 0. The zero-order valence-corrected chi connectivity index (χ0v) is 12.5. The van der Waals surface area contributed by atoms with Crippen LogP contribution in [-0.4, -0.2) is 15.9 Å². The highest BCUT2D eigenvalue weighted by Gasteiger charge is 2.05. The van der Waals surface area contributed by atoms with Crippen molar-refractivity contribution in [1.29, 1.82) is 0 Å². The highest BCUT2D eigenvalue weighted by atomic mass is 35.5. The zero-order chi connectivity index (χ0) is 14.7. The van der Waals surface area contributed by atoms with Gasteiger partial charge >= 0.3 is 0 Å². The zero-order valence-electron chi connectivity index (χ0n) is 10.2. The molecule has 2 aromatic rings. The van der Waals surface area contributed by atoms with Crippen molar-refractivity contribution in [1.82, 2.24) is 10.2 Å². The Balaban J connectivity index is 2.24. The van der Waals surface area contributed by atoms with Crippen LogP contribution in [0.2, 0.25) is 15.1 Å². The molecule has 20 heavy (non-hydrogen) atoms. The molecule has 0 radical (unpaired) electrons.